The average molecular weight is 183 g/mol. The Morgan fingerprint density at radius 1 is 1.46 bits per heavy atom. The first-order valence-corrected chi connectivity index (χ1v) is 3.63. The topological polar surface area (TPSA) is 73.6 Å². The van der Waals surface area contributed by atoms with Gasteiger partial charge in [0.25, 0.3) is 0 Å². The minimum Gasteiger partial charge on any atom is -0.483 e. The molecule has 0 atom stereocenters. The second-order valence-electron chi connectivity index (χ2n) is 2.34. The summed E-state index contributed by atoms with van der Waals surface area (Å²) in [6.07, 6.45) is 0. The van der Waals surface area contributed by atoms with Crippen LogP contribution in [0.5, 0.6) is 5.75 Å². The van der Waals surface area contributed by atoms with Gasteiger partial charge in [-0.3, -0.25) is 0 Å². The van der Waals surface area contributed by atoms with Crippen LogP contribution in [0, 0.1) is 5.82 Å². The second kappa shape index (κ2) is 4.30. The zero-order valence-electron chi connectivity index (χ0n) is 6.90. The van der Waals surface area contributed by atoms with Crippen molar-refractivity contribution >= 4 is 5.84 Å². The van der Waals surface area contributed by atoms with E-state index in [1.807, 2.05) is 0 Å². The van der Waals surface area contributed by atoms with Crippen molar-refractivity contribution in [2.24, 2.45) is 16.7 Å². The van der Waals surface area contributed by atoms with Crippen molar-refractivity contribution in [3.8, 4) is 5.75 Å². The van der Waals surface area contributed by atoms with Crippen LogP contribution in [0.4, 0.5) is 4.39 Å². The summed E-state index contributed by atoms with van der Waals surface area (Å²) in [5, 5.41) is 3.18. The molecule has 0 aliphatic carbocycles. The van der Waals surface area contributed by atoms with Crippen molar-refractivity contribution < 1.29 is 9.13 Å². The number of benzene rings is 1. The van der Waals surface area contributed by atoms with Crippen LogP contribution in [0.15, 0.2) is 29.4 Å². The lowest BCUT2D eigenvalue weighted by Crippen LogP contribution is -2.22. The number of para-hydroxylation sites is 1. The lowest BCUT2D eigenvalue weighted by molar-refractivity contribution is 0.352. The summed E-state index contributed by atoms with van der Waals surface area (Å²) < 4.78 is 17.9. The fourth-order valence-electron chi connectivity index (χ4n) is 0.751. The fraction of sp³-hybridized carbons (Fsp3) is 0.125. The molecule has 0 aliphatic rings. The number of nitrogens with zero attached hydrogens (tertiary/aromatic N) is 1. The molecule has 4 N–H and O–H groups in total. The van der Waals surface area contributed by atoms with Gasteiger partial charge in [-0.25, -0.2) is 4.39 Å². The molecule has 1 aromatic rings. The van der Waals surface area contributed by atoms with E-state index in [-0.39, 0.29) is 18.2 Å². The fourth-order valence-corrected chi connectivity index (χ4v) is 0.751. The molecule has 0 saturated heterocycles. The third-order valence-corrected chi connectivity index (χ3v) is 1.38. The van der Waals surface area contributed by atoms with Gasteiger partial charge in [0, 0.05) is 0 Å². The smallest absolute Gasteiger partial charge is 0.165 e. The number of ether oxygens (including phenoxy) is 1. The molecular weight excluding hydrogens is 173 g/mol. The normalized spacial score (nSPS) is 11.3. The number of nitrogens with two attached hydrogens (primary N) is 2. The van der Waals surface area contributed by atoms with Gasteiger partial charge >= 0.3 is 0 Å². The Bertz CT molecular complexity index is 314. The molecule has 0 fully saturated rings. The molecule has 4 nitrogen and oxygen atoms in total. The average Bonchev–Trinajstić information content (AvgIpc) is 2.16. The van der Waals surface area contributed by atoms with Gasteiger partial charge in [0.1, 0.15) is 6.61 Å². The van der Waals surface area contributed by atoms with Gasteiger partial charge in [0.15, 0.2) is 17.4 Å². The lowest BCUT2D eigenvalue weighted by Gasteiger charge is -2.05. The predicted molar refractivity (Wildman–Crippen MR) is 47.7 cm³/mol. The van der Waals surface area contributed by atoms with Crippen LogP contribution in [0.1, 0.15) is 0 Å². The highest BCUT2D eigenvalue weighted by Gasteiger charge is 2.01. The van der Waals surface area contributed by atoms with Crippen LogP contribution < -0.4 is 16.3 Å². The molecule has 0 saturated carbocycles. The first-order valence-electron chi connectivity index (χ1n) is 3.63. The molecule has 13 heavy (non-hydrogen) atoms. The van der Waals surface area contributed by atoms with Crippen molar-refractivity contribution in [3.05, 3.63) is 30.1 Å². The molecule has 0 aromatic heterocycles. The summed E-state index contributed by atoms with van der Waals surface area (Å²) in [6, 6.07) is 6.03. The number of hydrazone groups is 1. The molecule has 0 bridgehead atoms. The van der Waals surface area contributed by atoms with E-state index in [0.717, 1.165) is 0 Å². The van der Waals surface area contributed by atoms with Gasteiger partial charge in [0.2, 0.25) is 0 Å². The highest BCUT2D eigenvalue weighted by molar-refractivity contribution is 5.81. The molecule has 0 spiro atoms. The molecule has 70 valence electrons. The third kappa shape index (κ3) is 2.62. The van der Waals surface area contributed by atoms with E-state index >= 15 is 0 Å². The largest absolute Gasteiger partial charge is 0.483 e. The van der Waals surface area contributed by atoms with E-state index in [1.165, 1.54) is 12.1 Å². The van der Waals surface area contributed by atoms with Crippen LogP contribution in [0.3, 0.4) is 0 Å². The third-order valence-electron chi connectivity index (χ3n) is 1.38. The monoisotopic (exact) mass is 183 g/mol. The van der Waals surface area contributed by atoms with E-state index < -0.39 is 5.82 Å². The van der Waals surface area contributed by atoms with Gasteiger partial charge in [0.05, 0.1) is 0 Å². The maximum Gasteiger partial charge on any atom is 0.165 e. The van der Waals surface area contributed by atoms with Crippen LogP contribution in [0.25, 0.3) is 0 Å². The van der Waals surface area contributed by atoms with Gasteiger partial charge in [-0.05, 0) is 12.1 Å². The number of halogens is 1. The summed E-state index contributed by atoms with van der Waals surface area (Å²) >= 11 is 0. The summed E-state index contributed by atoms with van der Waals surface area (Å²) in [6.45, 7) is -0.0164. The van der Waals surface area contributed by atoms with Gasteiger partial charge in [-0.1, -0.05) is 12.1 Å². The van der Waals surface area contributed by atoms with E-state index in [0.29, 0.717) is 0 Å². The van der Waals surface area contributed by atoms with Crippen LogP contribution in [-0.4, -0.2) is 12.4 Å². The van der Waals surface area contributed by atoms with Crippen molar-refractivity contribution in [2.75, 3.05) is 6.61 Å². The molecule has 0 amide bonds. The van der Waals surface area contributed by atoms with Crippen molar-refractivity contribution in [1.82, 2.24) is 0 Å². The van der Waals surface area contributed by atoms with Gasteiger partial charge in [-0.2, -0.15) is 5.10 Å². The van der Waals surface area contributed by atoms with E-state index in [1.54, 1.807) is 12.1 Å². The Labute approximate surface area is 75.0 Å². The molecule has 0 aliphatic heterocycles. The van der Waals surface area contributed by atoms with Crippen LogP contribution >= 0.6 is 0 Å². The number of hydrogen-bond acceptors (Lipinski definition) is 3. The minimum atomic E-state index is -0.438. The van der Waals surface area contributed by atoms with E-state index in [4.69, 9.17) is 16.3 Å². The molecule has 0 radical (unpaired) electrons. The Morgan fingerprint density at radius 3 is 2.77 bits per heavy atom. The van der Waals surface area contributed by atoms with E-state index in [2.05, 4.69) is 5.10 Å². The summed E-state index contributed by atoms with van der Waals surface area (Å²) in [4.78, 5) is 0. The Hall–Kier alpha value is -1.78. The summed E-state index contributed by atoms with van der Waals surface area (Å²) in [7, 11) is 0. The molecular formula is C8H10FN3O. The van der Waals surface area contributed by atoms with Crippen LogP contribution in [-0.2, 0) is 0 Å². The molecule has 1 rings (SSSR count). The van der Waals surface area contributed by atoms with Gasteiger partial charge in [-0.15, -0.1) is 0 Å². The Morgan fingerprint density at radius 2 is 2.15 bits per heavy atom. The molecule has 5 heteroatoms. The molecule has 1 aromatic carbocycles. The molecule has 0 unspecified atom stereocenters. The second-order valence-corrected chi connectivity index (χ2v) is 2.34. The zero-order valence-corrected chi connectivity index (χ0v) is 6.90. The quantitative estimate of drug-likeness (QED) is 0.309. The van der Waals surface area contributed by atoms with Crippen molar-refractivity contribution in [1.29, 1.82) is 0 Å². The zero-order chi connectivity index (χ0) is 9.68. The lowest BCUT2D eigenvalue weighted by atomic mass is 10.3. The summed E-state index contributed by atoms with van der Waals surface area (Å²) in [5.41, 5.74) is 5.25. The summed E-state index contributed by atoms with van der Waals surface area (Å²) in [5.74, 6) is 4.67. The van der Waals surface area contributed by atoms with Crippen LogP contribution in [0.2, 0.25) is 0 Å². The maximum atomic E-state index is 12.9. The van der Waals surface area contributed by atoms with E-state index in [9.17, 15) is 4.39 Å². The number of hydrogen-bond donors (Lipinski definition) is 2. The SMILES string of the molecule is N/N=C(\N)COc1ccccc1F. The maximum absolute atomic E-state index is 12.9. The van der Waals surface area contributed by atoms with Gasteiger partial charge < -0.3 is 16.3 Å². The first kappa shape index (κ1) is 9.31. The number of amidine groups is 1. The first-order chi connectivity index (χ1) is 6.24. The molecule has 0 heterocycles. The predicted octanol–water partition coefficient (Wildman–Crippen LogP) is 0.435. The Balaban J connectivity index is 2.60. The van der Waals surface area contributed by atoms with Crippen molar-refractivity contribution in [3.63, 3.8) is 0 Å². The number of rotatable bonds is 3. The standard InChI is InChI=1S/C8H10FN3O/c9-6-3-1-2-4-7(6)13-5-8(10)12-11/h1-4H,5,11H2,(H2,10,12). The Kier molecular flexibility index (Phi) is 3.08. The minimum absolute atomic E-state index is 0.0164. The highest BCUT2D eigenvalue weighted by atomic mass is 19.1. The highest BCUT2D eigenvalue weighted by Crippen LogP contribution is 2.14. The van der Waals surface area contributed by atoms with Crippen molar-refractivity contribution in [2.45, 2.75) is 0 Å².